The molecule has 0 aromatic carbocycles. The molecule has 1 N–H and O–H groups in total. The summed E-state index contributed by atoms with van der Waals surface area (Å²) in [7, 11) is 0. The summed E-state index contributed by atoms with van der Waals surface area (Å²) in [5.41, 5.74) is 2.33. The zero-order chi connectivity index (χ0) is 10.1. The summed E-state index contributed by atoms with van der Waals surface area (Å²) in [6.45, 7) is 1.84. The van der Waals surface area contributed by atoms with Gasteiger partial charge >= 0.3 is 0 Å². The maximum absolute atomic E-state index is 4.48. The molecule has 0 amide bonds. The van der Waals surface area contributed by atoms with E-state index in [1.807, 2.05) is 18.5 Å². The van der Waals surface area contributed by atoms with Crippen molar-refractivity contribution in [2.24, 2.45) is 0 Å². The first kappa shape index (κ1) is 8.55. The Hall–Kier alpha value is -1.75. The summed E-state index contributed by atoms with van der Waals surface area (Å²) in [5.74, 6) is 0.641. The van der Waals surface area contributed by atoms with Crippen LogP contribution in [0, 0.1) is 0 Å². The molecule has 0 unspecified atom stereocenters. The lowest BCUT2D eigenvalue weighted by Crippen LogP contribution is -2.25. The number of aromatic nitrogens is 4. The molecule has 1 aliphatic heterocycles. The van der Waals surface area contributed by atoms with E-state index in [1.54, 1.807) is 10.9 Å². The number of fused-ring (bicyclic) bond motifs is 1. The normalized spacial score (nSPS) is 14.9. The maximum atomic E-state index is 4.48. The van der Waals surface area contributed by atoms with Crippen LogP contribution in [0.25, 0.3) is 5.95 Å². The minimum Gasteiger partial charge on any atom is -0.311 e. The monoisotopic (exact) mass is 201 g/mol. The Morgan fingerprint density at radius 1 is 1.40 bits per heavy atom. The molecule has 2 aromatic rings. The van der Waals surface area contributed by atoms with Gasteiger partial charge in [-0.3, -0.25) is 0 Å². The third-order valence-electron chi connectivity index (χ3n) is 2.51. The Labute approximate surface area is 87.2 Å². The zero-order valence-corrected chi connectivity index (χ0v) is 8.22. The Morgan fingerprint density at radius 3 is 3.27 bits per heavy atom. The lowest BCUT2D eigenvalue weighted by atomic mass is 10.1. The molecule has 15 heavy (non-hydrogen) atoms. The van der Waals surface area contributed by atoms with E-state index < -0.39 is 0 Å². The number of hydrogen-bond donors (Lipinski definition) is 1. The fourth-order valence-corrected chi connectivity index (χ4v) is 1.72. The van der Waals surface area contributed by atoms with Crippen LogP contribution in [0.1, 0.15) is 11.3 Å². The first-order chi connectivity index (χ1) is 7.43. The van der Waals surface area contributed by atoms with E-state index in [1.165, 1.54) is 5.56 Å². The van der Waals surface area contributed by atoms with Gasteiger partial charge in [-0.2, -0.15) is 5.10 Å². The van der Waals surface area contributed by atoms with E-state index >= 15 is 0 Å². The standard InChI is InChI=1S/C10H11N5/c1-3-13-15(5-1)10-12-6-8-2-4-11-7-9(8)14-10/h1,3,5-6,11H,2,4,7H2. The quantitative estimate of drug-likeness (QED) is 0.721. The van der Waals surface area contributed by atoms with Gasteiger partial charge in [-0.15, -0.1) is 0 Å². The molecule has 3 rings (SSSR count). The molecule has 1 aliphatic rings. The number of nitrogens with zero attached hydrogens (tertiary/aromatic N) is 4. The van der Waals surface area contributed by atoms with Crippen LogP contribution in [0.15, 0.2) is 24.7 Å². The van der Waals surface area contributed by atoms with Crippen molar-refractivity contribution in [2.45, 2.75) is 13.0 Å². The van der Waals surface area contributed by atoms with Gasteiger partial charge in [0.15, 0.2) is 0 Å². The molecular formula is C10H11N5. The molecule has 0 fully saturated rings. The number of hydrogen-bond acceptors (Lipinski definition) is 4. The van der Waals surface area contributed by atoms with Gasteiger partial charge in [-0.1, -0.05) is 0 Å². The second kappa shape index (κ2) is 3.43. The third kappa shape index (κ3) is 1.50. The topological polar surface area (TPSA) is 55.6 Å². The van der Waals surface area contributed by atoms with Crippen LogP contribution in [0.2, 0.25) is 0 Å². The molecule has 5 nitrogen and oxygen atoms in total. The molecule has 3 heterocycles. The molecule has 0 aliphatic carbocycles. The molecule has 0 spiro atoms. The van der Waals surface area contributed by atoms with Crippen molar-refractivity contribution in [2.75, 3.05) is 6.54 Å². The van der Waals surface area contributed by atoms with E-state index in [0.717, 1.165) is 25.2 Å². The molecule has 0 saturated heterocycles. The van der Waals surface area contributed by atoms with Crippen molar-refractivity contribution < 1.29 is 0 Å². The van der Waals surface area contributed by atoms with Crippen LogP contribution >= 0.6 is 0 Å². The van der Waals surface area contributed by atoms with E-state index in [9.17, 15) is 0 Å². The van der Waals surface area contributed by atoms with Gasteiger partial charge in [-0.05, 0) is 24.6 Å². The van der Waals surface area contributed by atoms with Crippen molar-refractivity contribution in [3.8, 4) is 5.95 Å². The maximum Gasteiger partial charge on any atom is 0.250 e. The minimum absolute atomic E-state index is 0.641. The fraction of sp³-hybridized carbons (Fsp3) is 0.300. The van der Waals surface area contributed by atoms with Crippen molar-refractivity contribution in [1.29, 1.82) is 0 Å². The van der Waals surface area contributed by atoms with E-state index in [2.05, 4.69) is 20.4 Å². The Bertz CT molecular complexity index is 463. The number of nitrogens with one attached hydrogen (secondary N) is 1. The zero-order valence-electron chi connectivity index (χ0n) is 8.22. The molecule has 0 saturated carbocycles. The van der Waals surface area contributed by atoms with Crippen LogP contribution in [-0.2, 0) is 13.0 Å². The van der Waals surface area contributed by atoms with Gasteiger partial charge in [0, 0.05) is 25.1 Å². The average Bonchev–Trinajstić information content (AvgIpc) is 2.82. The van der Waals surface area contributed by atoms with Gasteiger partial charge in [0.1, 0.15) is 0 Å². The molecule has 76 valence electrons. The first-order valence-electron chi connectivity index (χ1n) is 4.99. The highest BCUT2D eigenvalue weighted by atomic mass is 15.3. The third-order valence-corrected chi connectivity index (χ3v) is 2.51. The number of rotatable bonds is 1. The molecule has 5 heteroatoms. The van der Waals surface area contributed by atoms with Crippen molar-refractivity contribution in [3.63, 3.8) is 0 Å². The van der Waals surface area contributed by atoms with Gasteiger partial charge in [0.2, 0.25) is 0 Å². The molecule has 0 radical (unpaired) electrons. The summed E-state index contributed by atoms with van der Waals surface area (Å²) in [6, 6.07) is 1.86. The summed E-state index contributed by atoms with van der Waals surface area (Å²) in [6.07, 6.45) is 6.48. The minimum atomic E-state index is 0.641. The Kier molecular flexibility index (Phi) is 1.96. The van der Waals surface area contributed by atoms with E-state index in [-0.39, 0.29) is 0 Å². The molecule has 0 atom stereocenters. The van der Waals surface area contributed by atoms with Gasteiger partial charge in [-0.25, -0.2) is 14.6 Å². The van der Waals surface area contributed by atoms with Crippen LogP contribution in [0.4, 0.5) is 0 Å². The van der Waals surface area contributed by atoms with Gasteiger partial charge in [0.05, 0.1) is 5.69 Å². The van der Waals surface area contributed by atoms with Crippen molar-refractivity contribution >= 4 is 0 Å². The van der Waals surface area contributed by atoms with Crippen LogP contribution in [0.5, 0.6) is 0 Å². The summed E-state index contributed by atoms with van der Waals surface area (Å²) in [4.78, 5) is 8.78. The first-order valence-corrected chi connectivity index (χ1v) is 4.99. The predicted molar refractivity (Wildman–Crippen MR) is 54.6 cm³/mol. The van der Waals surface area contributed by atoms with Crippen LogP contribution in [-0.4, -0.2) is 26.3 Å². The van der Waals surface area contributed by atoms with E-state index in [0.29, 0.717) is 5.95 Å². The highest BCUT2D eigenvalue weighted by molar-refractivity contribution is 5.24. The highest BCUT2D eigenvalue weighted by Crippen LogP contribution is 2.11. The van der Waals surface area contributed by atoms with Crippen molar-refractivity contribution in [3.05, 3.63) is 35.9 Å². The van der Waals surface area contributed by atoms with Crippen LogP contribution < -0.4 is 5.32 Å². The van der Waals surface area contributed by atoms with Crippen molar-refractivity contribution in [1.82, 2.24) is 25.1 Å². The SMILES string of the molecule is c1cnn(-c2ncc3c(n2)CNCC3)c1. The molecule has 2 aromatic heterocycles. The second-order valence-corrected chi connectivity index (χ2v) is 3.52. The predicted octanol–water partition coefficient (Wildman–Crippen LogP) is 0.308. The lowest BCUT2D eigenvalue weighted by Gasteiger charge is -2.15. The molecule has 0 bridgehead atoms. The summed E-state index contributed by atoms with van der Waals surface area (Å²) in [5, 5.41) is 7.40. The second-order valence-electron chi connectivity index (χ2n) is 3.52. The van der Waals surface area contributed by atoms with Crippen LogP contribution in [0.3, 0.4) is 0 Å². The average molecular weight is 201 g/mol. The van der Waals surface area contributed by atoms with Gasteiger partial charge < -0.3 is 5.32 Å². The largest absolute Gasteiger partial charge is 0.311 e. The summed E-state index contributed by atoms with van der Waals surface area (Å²) >= 11 is 0. The van der Waals surface area contributed by atoms with Gasteiger partial charge in [0.25, 0.3) is 5.95 Å². The molecular weight excluding hydrogens is 190 g/mol. The smallest absolute Gasteiger partial charge is 0.250 e. The van der Waals surface area contributed by atoms with E-state index in [4.69, 9.17) is 0 Å². The Morgan fingerprint density at radius 2 is 2.40 bits per heavy atom. The lowest BCUT2D eigenvalue weighted by molar-refractivity contribution is 0.616. The fourth-order valence-electron chi connectivity index (χ4n) is 1.72. The highest BCUT2D eigenvalue weighted by Gasteiger charge is 2.11. The summed E-state index contributed by atoms with van der Waals surface area (Å²) < 4.78 is 1.68. The Balaban J connectivity index is 2.04.